The summed E-state index contributed by atoms with van der Waals surface area (Å²) >= 11 is 0. The molecule has 1 saturated carbocycles. The van der Waals surface area contributed by atoms with E-state index in [1.165, 1.54) is 18.5 Å². The van der Waals surface area contributed by atoms with Crippen molar-refractivity contribution in [3.63, 3.8) is 0 Å². The molecule has 0 aromatic carbocycles. The van der Waals surface area contributed by atoms with Crippen LogP contribution in [0.3, 0.4) is 0 Å². The lowest BCUT2D eigenvalue weighted by molar-refractivity contribution is 0.0694. The summed E-state index contributed by atoms with van der Waals surface area (Å²) in [7, 11) is 0. The van der Waals surface area contributed by atoms with Crippen LogP contribution in [0.4, 0.5) is 0 Å². The van der Waals surface area contributed by atoms with Crippen molar-refractivity contribution >= 4 is 0 Å². The van der Waals surface area contributed by atoms with E-state index in [0.29, 0.717) is 5.92 Å². The molecule has 0 N–H and O–H groups in total. The number of nitrogens with zero attached hydrogens (tertiary/aromatic N) is 4. The molecule has 5 nitrogen and oxygen atoms in total. The van der Waals surface area contributed by atoms with Gasteiger partial charge in [-0.3, -0.25) is 14.6 Å². The van der Waals surface area contributed by atoms with Crippen molar-refractivity contribution in [1.82, 2.24) is 19.7 Å². The molecule has 2 aliphatic rings. The predicted molar refractivity (Wildman–Crippen MR) is 92.3 cm³/mol. The van der Waals surface area contributed by atoms with E-state index in [4.69, 9.17) is 4.74 Å². The van der Waals surface area contributed by atoms with Crippen molar-refractivity contribution in [2.24, 2.45) is 11.8 Å². The zero-order valence-corrected chi connectivity index (χ0v) is 14.4. The quantitative estimate of drug-likeness (QED) is 0.818. The van der Waals surface area contributed by atoms with E-state index in [1.54, 1.807) is 0 Å². The highest BCUT2D eigenvalue weighted by molar-refractivity contribution is 5.10. The number of aromatic nitrogens is 3. The molecule has 24 heavy (non-hydrogen) atoms. The zero-order chi connectivity index (χ0) is 16.4. The van der Waals surface area contributed by atoms with E-state index in [-0.39, 0.29) is 0 Å². The first-order valence-electron chi connectivity index (χ1n) is 8.99. The Morgan fingerprint density at radius 2 is 2.00 bits per heavy atom. The topological polar surface area (TPSA) is 43.2 Å². The second-order valence-corrected chi connectivity index (χ2v) is 7.29. The monoisotopic (exact) mass is 326 g/mol. The van der Waals surface area contributed by atoms with Crippen LogP contribution in [-0.4, -0.2) is 39.4 Å². The Bertz CT molecular complexity index is 680. The number of hydrogen-bond acceptors (Lipinski definition) is 4. The van der Waals surface area contributed by atoms with Crippen LogP contribution in [0, 0.1) is 18.8 Å². The number of hydrogen-bond donors (Lipinski definition) is 0. The van der Waals surface area contributed by atoms with Gasteiger partial charge in [-0.1, -0.05) is 6.07 Å². The number of ether oxygens (including phenoxy) is 1. The van der Waals surface area contributed by atoms with Gasteiger partial charge < -0.3 is 4.74 Å². The van der Waals surface area contributed by atoms with Gasteiger partial charge in [0, 0.05) is 50.6 Å². The van der Waals surface area contributed by atoms with Gasteiger partial charge in [0.15, 0.2) is 0 Å². The molecule has 0 saturated heterocycles. The maximum atomic E-state index is 5.98. The van der Waals surface area contributed by atoms with Gasteiger partial charge in [-0.2, -0.15) is 5.10 Å². The lowest BCUT2D eigenvalue weighted by Gasteiger charge is -2.23. The van der Waals surface area contributed by atoms with Gasteiger partial charge in [-0.25, -0.2) is 0 Å². The van der Waals surface area contributed by atoms with E-state index < -0.39 is 0 Å². The first-order chi connectivity index (χ1) is 11.8. The predicted octanol–water partition coefficient (Wildman–Crippen LogP) is 2.65. The molecule has 4 rings (SSSR count). The molecule has 128 valence electrons. The Morgan fingerprint density at radius 3 is 2.83 bits per heavy atom. The van der Waals surface area contributed by atoms with Gasteiger partial charge in [0.1, 0.15) is 0 Å². The van der Waals surface area contributed by atoms with E-state index in [1.807, 2.05) is 6.20 Å². The van der Waals surface area contributed by atoms with Gasteiger partial charge in [0.25, 0.3) is 0 Å². The second kappa shape index (κ2) is 7.03. The van der Waals surface area contributed by atoms with Crippen LogP contribution in [0.1, 0.15) is 29.9 Å². The summed E-state index contributed by atoms with van der Waals surface area (Å²) in [5.74, 6) is 1.30. The van der Waals surface area contributed by atoms with Crippen LogP contribution >= 0.6 is 0 Å². The fourth-order valence-corrected chi connectivity index (χ4v) is 3.45. The molecule has 0 spiro atoms. The van der Waals surface area contributed by atoms with Gasteiger partial charge in [0.2, 0.25) is 0 Å². The molecular formula is C19H26N4O. The smallest absolute Gasteiger partial charge is 0.0547 e. The lowest BCUT2D eigenvalue weighted by atomic mass is 10.1. The molecular weight excluding hydrogens is 300 g/mol. The van der Waals surface area contributed by atoms with Gasteiger partial charge >= 0.3 is 0 Å². The fourth-order valence-electron chi connectivity index (χ4n) is 3.45. The maximum absolute atomic E-state index is 5.98. The largest absolute Gasteiger partial charge is 0.381 e. The first kappa shape index (κ1) is 15.8. The summed E-state index contributed by atoms with van der Waals surface area (Å²) in [6.07, 6.45) is 4.60. The summed E-state index contributed by atoms with van der Waals surface area (Å²) in [6.45, 7) is 7.60. The summed E-state index contributed by atoms with van der Waals surface area (Å²) in [6, 6.07) is 8.39. The number of aryl methyl sites for hydroxylation is 1. The highest BCUT2D eigenvalue weighted by Gasteiger charge is 2.25. The molecule has 2 aromatic rings. The van der Waals surface area contributed by atoms with Crippen molar-refractivity contribution in [3.8, 4) is 0 Å². The van der Waals surface area contributed by atoms with E-state index in [2.05, 4.69) is 50.9 Å². The molecule has 0 radical (unpaired) electrons. The highest BCUT2D eigenvalue weighted by Crippen LogP contribution is 2.29. The van der Waals surface area contributed by atoms with Crippen molar-refractivity contribution in [2.75, 3.05) is 19.8 Å². The Hall–Kier alpha value is -1.72. The average molecular weight is 326 g/mol. The molecule has 0 unspecified atom stereocenters. The van der Waals surface area contributed by atoms with Crippen LogP contribution < -0.4 is 0 Å². The van der Waals surface area contributed by atoms with Crippen molar-refractivity contribution < 1.29 is 4.74 Å². The van der Waals surface area contributed by atoms with Crippen LogP contribution in [0.5, 0.6) is 0 Å². The molecule has 1 aliphatic heterocycles. The van der Waals surface area contributed by atoms with Crippen molar-refractivity contribution in [1.29, 1.82) is 0 Å². The van der Waals surface area contributed by atoms with E-state index >= 15 is 0 Å². The average Bonchev–Trinajstić information content (AvgIpc) is 3.30. The van der Waals surface area contributed by atoms with E-state index in [9.17, 15) is 0 Å². The molecule has 0 bridgehead atoms. The van der Waals surface area contributed by atoms with Crippen molar-refractivity contribution in [2.45, 2.75) is 39.4 Å². The minimum absolute atomic E-state index is 0.481. The minimum atomic E-state index is 0.481. The molecule has 5 heteroatoms. The molecule has 0 amide bonds. The van der Waals surface area contributed by atoms with E-state index in [0.717, 1.165) is 56.7 Å². The summed E-state index contributed by atoms with van der Waals surface area (Å²) in [5.41, 5.74) is 3.50. The third-order valence-electron chi connectivity index (χ3n) is 4.87. The summed E-state index contributed by atoms with van der Waals surface area (Å²) < 4.78 is 8.13. The third-order valence-corrected chi connectivity index (χ3v) is 4.87. The summed E-state index contributed by atoms with van der Waals surface area (Å²) in [5, 5.41) is 4.50. The van der Waals surface area contributed by atoms with Crippen LogP contribution in [-0.2, 0) is 24.4 Å². The Labute approximate surface area is 143 Å². The Kier molecular flexibility index (Phi) is 4.63. The zero-order valence-electron chi connectivity index (χ0n) is 14.4. The standard InChI is InChI=1S/C19H26N4O/c1-15-3-2-4-18(21-15)11-22-9-17(14-24-13-16-5-6-16)10-23-19(12-22)7-8-20-23/h2-4,7-8,16-17H,5-6,9-14H2,1H3/t17-/m1/s1. The minimum Gasteiger partial charge on any atom is -0.381 e. The summed E-state index contributed by atoms with van der Waals surface area (Å²) in [4.78, 5) is 7.14. The SMILES string of the molecule is Cc1cccc(CN2Cc3ccnn3C[C@H](COCC3CC3)C2)n1. The van der Waals surface area contributed by atoms with Gasteiger partial charge in [-0.05, 0) is 43.9 Å². The molecule has 2 aromatic heterocycles. The second-order valence-electron chi connectivity index (χ2n) is 7.29. The van der Waals surface area contributed by atoms with Gasteiger partial charge in [0.05, 0.1) is 18.0 Å². The van der Waals surface area contributed by atoms with Crippen LogP contribution in [0.15, 0.2) is 30.5 Å². The number of rotatable bonds is 6. The van der Waals surface area contributed by atoms with Crippen molar-refractivity contribution in [3.05, 3.63) is 47.5 Å². The maximum Gasteiger partial charge on any atom is 0.0547 e. The highest BCUT2D eigenvalue weighted by atomic mass is 16.5. The number of fused-ring (bicyclic) bond motifs is 1. The lowest BCUT2D eigenvalue weighted by Crippen LogP contribution is -2.30. The molecule has 1 atom stereocenters. The van der Waals surface area contributed by atoms with Crippen LogP contribution in [0.2, 0.25) is 0 Å². The first-order valence-corrected chi connectivity index (χ1v) is 8.99. The third kappa shape index (κ3) is 4.02. The molecule has 1 fully saturated rings. The molecule has 3 heterocycles. The molecule has 1 aliphatic carbocycles. The van der Waals surface area contributed by atoms with Gasteiger partial charge in [-0.15, -0.1) is 0 Å². The van der Waals surface area contributed by atoms with Crippen LogP contribution in [0.25, 0.3) is 0 Å². The number of pyridine rings is 1. The Morgan fingerprint density at radius 1 is 1.12 bits per heavy atom. The fraction of sp³-hybridized carbons (Fsp3) is 0.579. The Balaban J connectivity index is 1.43. The normalized spacial score (nSPS) is 21.5.